The zero-order valence-electron chi connectivity index (χ0n) is 59.8. The molecule has 0 bridgehead atoms. The minimum Gasteiger partial charge on any atom is -0.307 e. The van der Waals surface area contributed by atoms with Crippen LogP contribution in [0.5, 0.6) is 0 Å². The third-order valence-corrected chi connectivity index (χ3v) is 20.8. The third kappa shape index (κ3) is 10.2. The van der Waals surface area contributed by atoms with Gasteiger partial charge in [-0.2, -0.15) is 0 Å². The Morgan fingerprint density at radius 3 is 0.719 bits per heavy atom. The highest BCUT2D eigenvalue weighted by Crippen LogP contribution is 2.66. The van der Waals surface area contributed by atoms with Gasteiger partial charge in [-0.15, -0.1) is 0 Å². The lowest BCUT2D eigenvalue weighted by molar-refractivity contribution is 0.590. The molecule has 0 spiro atoms. The van der Waals surface area contributed by atoms with Gasteiger partial charge in [0.15, 0.2) is 0 Å². The van der Waals surface area contributed by atoms with E-state index in [2.05, 4.69) is 379 Å². The van der Waals surface area contributed by atoms with Gasteiger partial charge in [0, 0.05) is 67.2 Å². The molecule has 5 nitrogen and oxygen atoms in total. The number of fused-ring (bicyclic) bond motifs is 10. The summed E-state index contributed by atoms with van der Waals surface area (Å²) in [5.74, 6) is -0.213. The maximum Gasteiger partial charge on any atom is 0.0990 e. The zero-order chi connectivity index (χ0) is 67.5. The molecular weight excluding hydrogens is 1160 g/mol. The van der Waals surface area contributed by atoms with Gasteiger partial charge in [0.05, 0.1) is 50.5 Å². The summed E-state index contributed by atoms with van der Waals surface area (Å²) in [5, 5.41) is 4.94. The number of aromatic nitrogens is 2. The smallest absolute Gasteiger partial charge is 0.0990 e. The molecule has 2 aromatic heterocycles. The Morgan fingerprint density at radius 1 is 0.240 bits per heavy atom. The number of hydrogen-bond acceptors (Lipinski definition) is 3. The van der Waals surface area contributed by atoms with Gasteiger partial charge in [0.25, 0.3) is 0 Å². The molecule has 0 N–H and O–H groups in total. The molecule has 2 aliphatic heterocycles. The van der Waals surface area contributed by atoms with Gasteiger partial charge in [-0.3, -0.25) is 0 Å². The van der Waals surface area contributed by atoms with Crippen molar-refractivity contribution in [1.29, 1.82) is 0 Å². The fraction of sp³-hybridized carbons (Fsp3) is 0.275. The van der Waals surface area contributed by atoms with Crippen molar-refractivity contribution in [2.75, 3.05) is 14.7 Å². The molecule has 4 heterocycles. The molecule has 15 rings (SSSR count). The van der Waals surface area contributed by atoms with Crippen LogP contribution in [0.4, 0.5) is 51.2 Å². The molecule has 11 aromatic carbocycles. The number of nitrogens with zero attached hydrogens (tertiary/aromatic N) is 5. The average molecular weight is 1260 g/mol. The first kappa shape index (κ1) is 62.5. The first-order chi connectivity index (χ1) is 45.5. The predicted octanol–water partition coefficient (Wildman–Crippen LogP) is 25.9. The standard InChI is InChI=1S/C91H93N5/c1-86(2,3)57-33-45-63(46-34-57)92(64-47-35-58(36-48-64)87(4,5)6)83-81-78-77(73-29-23-27-71-69-25-19-21-31-75(69)95(81)79(71)73)74-30-24-28-72-70-26-20-22-32-76(70)96(80(72)74)82(78)84(93(65-49-37-59(38-50-65)88(7,8)9)66-51-39-60(40-52-66)89(10,11)12)85(83)94(67-53-41-61(42-54-67)90(13,14)15)68-55-43-62(44-56-68)91(16,17)18/h19-56,77H,1-18H3. The normalized spacial score (nSPS) is 13.5. The molecular formula is C91H93N5. The fourth-order valence-corrected chi connectivity index (χ4v) is 15.4. The highest BCUT2D eigenvalue weighted by molar-refractivity contribution is 6.20. The number of rotatable bonds is 9. The number of anilines is 9. The summed E-state index contributed by atoms with van der Waals surface area (Å²) in [6, 6.07) is 90.0. The fourth-order valence-electron chi connectivity index (χ4n) is 15.4. The van der Waals surface area contributed by atoms with Crippen LogP contribution in [0.3, 0.4) is 0 Å². The maximum absolute atomic E-state index is 2.71. The van der Waals surface area contributed by atoms with Gasteiger partial charge in [-0.05, 0) is 162 Å². The molecule has 96 heavy (non-hydrogen) atoms. The van der Waals surface area contributed by atoms with Gasteiger partial charge in [-0.1, -0.05) is 270 Å². The lowest BCUT2D eigenvalue weighted by Crippen LogP contribution is -2.30. The van der Waals surface area contributed by atoms with Crippen LogP contribution in [-0.4, -0.2) is 9.13 Å². The molecule has 13 aromatic rings. The van der Waals surface area contributed by atoms with E-state index in [9.17, 15) is 0 Å². The van der Waals surface area contributed by atoms with Gasteiger partial charge >= 0.3 is 0 Å². The molecule has 0 aliphatic carbocycles. The van der Waals surface area contributed by atoms with Crippen LogP contribution in [0.25, 0.3) is 55.0 Å². The SMILES string of the molecule is CC(C)(C)c1ccc(N(c2ccc(C(C)(C)C)cc2)c2c(N(c3ccc(C(C)(C)C)cc3)c3ccc(C(C)(C)C)cc3)c3c4c(c2N(c2ccc(C(C)(C)C)cc2)c2ccc(C(C)(C)C)cc2)-n2c5ccccc5c5cccc(c52)C4c2cccc4c5ccccc5n-3c24)cc1. The minimum absolute atomic E-state index is 0.0977. The summed E-state index contributed by atoms with van der Waals surface area (Å²) >= 11 is 0. The molecule has 0 radical (unpaired) electrons. The Kier molecular flexibility index (Phi) is 14.3. The maximum atomic E-state index is 2.71. The Bertz CT molecular complexity index is 4730. The van der Waals surface area contributed by atoms with Crippen LogP contribution in [0.15, 0.2) is 231 Å². The molecule has 0 unspecified atom stereocenters. The van der Waals surface area contributed by atoms with E-state index < -0.39 is 0 Å². The Morgan fingerprint density at radius 2 is 0.469 bits per heavy atom. The van der Waals surface area contributed by atoms with E-state index in [1.165, 1.54) is 82.6 Å². The number of hydrogen-bond donors (Lipinski definition) is 0. The topological polar surface area (TPSA) is 19.6 Å². The van der Waals surface area contributed by atoms with E-state index in [0.717, 1.165) is 73.6 Å². The summed E-state index contributed by atoms with van der Waals surface area (Å²) in [6.07, 6.45) is 0. The first-order valence-electron chi connectivity index (χ1n) is 34.8. The lowest BCUT2D eigenvalue weighted by atomic mass is 9.76. The summed E-state index contributed by atoms with van der Waals surface area (Å²) in [6.45, 7) is 41.9. The van der Waals surface area contributed by atoms with Crippen LogP contribution >= 0.6 is 0 Å². The van der Waals surface area contributed by atoms with E-state index in [-0.39, 0.29) is 38.4 Å². The monoisotopic (exact) mass is 1260 g/mol. The second-order valence-electron chi connectivity index (χ2n) is 33.6. The quantitative estimate of drug-likeness (QED) is 0.144. The van der Waals surface area contributed by atoms with Crippen LogP contribution in [-0.2, 0) is 32.5 Å². The second kappa shape index (κ2) is 22.0. The minimum atomic E-state index is -0.213. The predicted molar refractivity (Wildman–Crippen MR) is 412 cm³/mol. The molecule has 0 fully saturated rings. The van der Waals surface area contributed by atoms with Gasteiger partial charge in [0.2, 0.25) is 0 Å². The van der Waals surface area contributed by atoms with Gasteiger partial charge < -0.3 is 23.8 Å². The van der Waals surface area contributed by atoms with Crippen molar-refractivity contribution in [2.24, 2.45) is 0 Å². The largest absolute Gasteiger partial charge is 0.307 e. The number of benzene rings is 11. The van der Waals surface area contributed by atoms with E-state index in [0.29, 0.717) is 0 Å². The van der Waals surface area contributed by atoms with Crippen molar-refractivity contribution in [3.63, 3.8) is 0 Å². The Balaban J connectivity index is 1.27. The van der Waals surface area contributed by atoms with E-state index in [1.807, 2.05) is 0 Å². The van der Waals surface area contributed by atoms with Crippen LogP contribution in [0.1, 0.15) is 181 Å². The van der Waals surface area contributed by atoms with Crippen molar-refractivity contribution in [3.05, 3.63) is 281 Å². The Hall–Kier alpha value is -9.58. The van der Waals surface area contributed by atoms with Crippen molar-refractivity contribution >= 4 is 94.8 Å². The first-order valence-corrected chi connectivity index (χ1v) is 34.8. The lowest BCUT2D eigenvalue weighted by Gasteiger charge is -2.45. The molecule has 5 heteroatoms. The second-order valence-corrected chi connectivity index (χ2v) is 33.6. The average Bonchev–Trinajstić information content (AvgIpc) is 1.24. The molecule has 0 amide bonds. The molecule has 0 saturated heterocycles. The third-order valence-electron chi connectivity index (χ3n) is 20.8. The summed E-state index contributed by atoms with van der Waals surface area (Å²) in [5.41, 5.74) is 27.5. The van der Waals surface area contributed by atoms with Crippen LogP contribution in [0, 0.1) is 0 Å². The van der Waals surface area contributed by atoms with E-state index in [1.54, 1.807) is 0 Å². The van der Waals surface area contributed by atoms with Crippen molar-refractivity contribution in [2.45, 2.75) is 163 Å². The van der Waals surface area contributed by atoms with Crippen molar-refractivity contribution in [3.8, 4) is 11.4 Å². The van der Waals surface area contributed by atoms with Crippen molar-refractivity contribution < 1.29 is 0 Å². The Labute approximate surface area is 570 Å². The summed E-state index contributed by atoms with van der Waals surface area (Å²) in [7, 11) is 0. The van der Waals surface area contributed by atoms with Crippen LogP contribution in [0.2, 0.25) is 0 Å². The van der Waals surface area contributed by atoms with E-state index >= 15 is 0 Å². The van der Waals surface area contributed by atoms with Crippen molar-refractivity contribution in [1.82, 2.24) is 9.13 Å². The van der Waals surface area contributed by atoms with Gasteiger partial charge in [-0.25, -0.2) is 0 Å². The zero-order valence-corrected chi connectivity index (χ0v) is 59.8. The molecule has 0 saturated carbocycles. The highest BCUT2D eigenvalue weighted by atomic mass is 15.3. The highest BCUT2D eigenvalue weighted by Gasteiger charge is 2.47. The van der Waals surface area contributed by atoms with Gasteiger partial charge in [0.1, 0.15) is 0 Å². The number of para-hydroxylation sites is 4. The molecule has 482 valence electrons. The summed E-state index contributed by atoms with van der Waals surface area (Å²) in [4.78, 5) is 7.97. The van der Waals surface area contributed by atoms with E-state index in [4.69, 9.17) is 0 Å². The summed E-state index contributed by atoms with van der Waals surface area (Å²) < 4.78 is 5.41. The molecule has 0 atom stereocenters. The molecule has 2 aliphatic rings. The van der Waals surface area contributed by atoms with Crippen LogP contribution < -0.4 is 14.7 Å².